The number of fused-ring (bicyclic) bond motifs is 1. The lowest BCUT2D eigenvalue weighted by molar-refractivity contribution is 0.162. The lowest BCUT2D eigenvalue weighted by atomic mass is 10.1. The molecule has 2 aliphatic heterocycles. The number of benzene rings is 2. The van der Waals surface area contributed by atoms with Gasteiger partial charge in [0, 0.05) is 40.1 Å². The van der Waals surface area contributed by atoms with E-state index in [1.165, 1.54) is 18.3 Å². The highest BCUT2D eigenvalue weighted by Gasteiger charge is 2.28. The average Bonchev–Trinajstić information content (AvgIpc) is 3.68. The van der Waals surface area contributed by atoms with Gasteiger partial charge in [-0.3, -0.25) is 9.99 Å². The maximum Gasteiger partial charge on any atom is 0.141 e. The Hall–Kier alpha value is -3.59. The minimum atomic E-state index is -0.524. The molecule has 0 amide bonds. The number of hydrazine groups is 2. The number of pyridine rings is 1. The maximum atomic E-state index is 13.8. The van der Waals surface area contributed by atoms with Gasteiger partial charge in [0.15, 0.2) is 0 Å². The molecule has 0 spiro atoms. The zero-order valence-electron chi connectivity index (χ0n) is 21.1. The number of thiophene rings is 1. The van der Waals surface area contributed by atoms with Crippen molar-refractivity contribution in [1.29, 1.82) is 5.26 Å². The van der Waals surface area contributed by atoms with Crippen molar-refractivity contribution in [3.05, 3.63) is 92.2 Å². The first kappa shape index (κ1) is 26.6. The molecule has 2 aromatic carbocycles. The van der Waals surface area contributed by atoms with Gasteiger partial charge in [0.2, 0.25) is 0 Å². The molecule has 204 valence electrons. The van der Waals surface area contributed by atoms with Crippen LogP contribution in [-0.4, -0.2) is 29.1 Å². The number of nitrogens with zero attached hydrogens (tertiary/aromatic N) is 3. The normalized spacial score (nSPS) is 16.4. The van der Waals surface area contributed by atoms with Crippen molar-refractivity contribution in [2.24, 2.45) is 0 Å². The lowest BCUT2D eigenvalue weighted by Gasteiger charge is -2.30. The first-order valence-corrected chi connectivity index (χ1v) is 14.4. The third kappa shape index (κ3) is 5.39. The average molecular weight is 596 g/mol. The van der Waals surface area contributed by atoms with Crippen molar-refractivity contribution in [3.63, 3.8) is 0 Å². The van der Waals surface area contributed by atoms with Crippen LogP contribution >= 0.6 is 34.5 Å². The van der Waals surface area contributed by atoms with Crippen molar-refractivity contribution >= 4 is 62.5 Å². The molecule has 12 heteroatoms. The molecule has 1 atom stereocenters. The second-order valence-electron chi connectivity index (χ2n) is 9.57. The molecule has 5 N–H and O–H groups in total. The standard InChI is InChI=1S/C28H25Cl2FN8S/c29-21-11-17(3-4-23(21)31)35-26-16(13-32)14-34-27-20(26)10-18(12-22(27)30)36-28(25-2-1-9-40-25)24-15-39(38-37-24)19-5-7-33-8-6-19/h1-4,9-12,14-15,19,28,33,36-38H,5-8H2,(H,34,35)/t28-/m1/s1. The molecule has 1 saturated heterocycles. The minimum absolute atomic E-state index is 0.0227. The number of nitrogens with one attached hydrogen (secondary N) is 5. The Morgan fingerprint density at radius 2 is 1.95 bits per heavy atom. The van der Waals surface area contributed by atoms with Gasteiger partial charge in [0.1, 0.15) is 17.9 Å². The predicted octanol–water partition coefficient (Wildman–Crippen LogP) is 6.43. The van der Waals surface area contributed by atoms with Crippen LogP contribution in [0.2, 0.25) is 10.0 Å². The van der Waals surface area contributed by atoms with E-state index in [1.807, 2.05) is 23.6 Å². The van der Waals surface area contributed by atoms with Crippen molar-refractivity contribution in [2.75, 3.05) is 23.7 Å². The van der Waals surface area contributed by atoms with E-state index in [1.54, 1.807) is 17.4 Å². The number of anilines is 3. The summed E-state index contributed by atoms with van der Waals surface area (Å²) in [5.41, 5.74) is 10.3. The summed E-state index contributed by atoms with van der Waals surface area (Å²) in [6, 6.07) is 14.6. The summed E-state index contributed by atoms with van der Waals surface area (Å²) in [5.74, 6) is -0.524. The van der Waals surface area contributed by atoms with E-state index in [2.05, 4.69) is 55.2 Å². The van der Waals surface area contributed by atoms with Crippen molar-refractivity contribution in [1.82, 2.24) is 26.3 Å². The summed E-state index contributed by atoms with van der Waals surface area (Å²) in [6.45, 7) is 1.99. The van der Waals surface area contributed by atoms with E-state index in [9.17, 15) is 9.65 Å². The molecule has 8 nitrogen and oxygen atoms in total. The van der Waals surface area contributed by atoms with Crippen LogP contribution in [0, 0.1) is 17.1 Å². The zero-order valence-corrected chi connectivity index (χ0v) is 23.5. The second-order valence-corrected chi connectivity index (χ2v) is 11.4. The molecule has 0 bridgehead atoms. The van der Waals surface area contributed by atoms with Gasteiger partial charge in [-0.25, -0.2) is 4.39 Å². The summed E-state index contributed by atoms with van der Waals surface area (Å²) in [5, 5.41) is 25.3. The van der Waals surface area contributed by atoms with Crippen molar-refractivity contribution in [3.8, 4) is 6.07 Å². The number of piperidine rings is 1. The lowest BCUT2D eigenvalue weighted by Crippen LogP contribution is -2.47. The van der Waals surface area contributed by atoms with Gasteiger partial charge in [0.05, 0.1) is 32.5 Å². The maximum absolute atomic E-state index is 13.8. The highest BCUT2D eigenvalue weighted by molar-refractivity contribution is 7.10. The van der Waals surface area contributed by atoms with Gasteiger partial charge in [0.25, 0.3) is 0 Å². The predicted molar refractivity (Wildman–Crippen MR) is 159 cm³/mol. The fourth-order valence-corrected chi connectivity index (χ4v) is 6.22. The van der Waals surface area contributed by atoms with Crippen molar-refractivity contribution < 1.29 is 4.39 Å². The third-order valence-electron chi connectivity index (χ3n) is 6.99. The van der Waals surface area contributed by atoms with Crippen molar-refractivity contribution in [2.45, 2.75) is 24.9 Å². The molecule has 4 heterocycles. The Morgan fingerprint density at radius 1 is 1.12 bits per heavy atom. The van der Waals surface area contributed by atoms with E-state index in [4.69, 9.17) is 23.2 Å². The number of hydrogen-bond acceptors (Lipinski definition) is 9. The fourth-order valence-electron chi connectivity index (χ4n) is 4.98. The minimum Gasteiger partial charge on any atom is -0.372 e. The third-order valence-corrected chi connectivity index (χ3v) is 8.51. The van der Waals surface area contributed by atoms with Gasteiger partial charge in [-0.15, -0.1) is 16.9 Å². The monoisotopic (exact) mass is 594 g/mol. The molecule has 0 unspecified atom stereocenters. The van der Waals surface area contributed by atoms with E-state index < -0.39 is 5.82 Å². The Labute approximate surface area is 244 Å². The van der Waals surface area contributed by atoms with E-state index in [-0.39, 0.29) is 11.1 Å². The van der Waals surface area contributed by atoms with Gasteiger partial charge in [-0.1, -0.05) is 29.3 Å². The smallest absolute Gasteiger partial charge is 0.141 e. The molecule has 0 radical (unpaired) electrons. The van der Waals surface area contributed by atoms with E-state index in [0.29, 0.717) is 38.9 Å². The molecule has 40 heavy (non-hydrogen) atoms. The fraction of sp³-hybridized carbons (Fsp3) is 0.214. The number of aromatic nitrogens is 1. The summed E-state index contributed by atoms with van der Waals surface area (Å²) in [4.78, 5) is 5.56. The van der Waals surface area contributed by atoms with Crippen LogP contribution in [0.25, 0.3) is 10.9 Å². The van der Waals surface area contributed by atoms with Crippen LogP contribution in [-0.2, 0) is 0 Å². The molecule has 2 aromatic heterocycles. The van der Waals surface area contributed by atoms with Crippen LogP contribution < -0.4 is 26.9 Å². The Balaban J connectivity index is 1.37. The summed E-state index contributed by atoms with van der Waals surface area (Å²) in [6.07, 6.45) is 5.70. The van der Waals surface area contributed by atoms with Gasteiger partial charge in [-0.05, 0) is 67.7 Å². The zero-order chi connectivity index (χ0) is 27.6. The number of hydrogen-bond donors (Lipinski definition) is 5. The first-order chi connectivity index (χ1) is 19.5. The quantitative estimate of drug-likeness (QED) is 0.167. The van der Waals surface area contributed by atoms with Crippen LogP contribution in [0.4, 0.5) is 21.5 Å². The summed E-state index contributed by atoms with van der Waals surface area (Å²) < 4.78 is 13.8. The Bertz CT molecular complexity index is 1620. The van der Waals surface area contributed by atoms with Gasteiger partial charge >= 0.3 is 0 Å². The number of nitriles is 1. The van der Waals surface area contributed by atoms with Crippen LogP contribution in [0.5, 0.6) is 0 Å². The molecule has 0 saturated carbocycles. The molecular formula is C28H25Cl2FN8S. The van der Waals surface area contributed by atoms with Gasteiger partial charge < -0.3 is 21.4 Å². The van der Waals surface area contributed by atoms with Gasteiger partial charge in [-0.2, -0.15) is 5.26 Å². The first-order valence-electron chi connectivity index (χ1n) is 12.8. The number of halogens is 3. The second kappa shape index (κ2) is 11.5. The summed E-state index contributed by atoms with van der Waals surface area (Å²) in [7, 11) is 0. The molecular weight excluding hydrogens is 570 g/mol. The SMILES string of the molecule is N#Cc1cnc2c(Cl)cc(N[C@H](C3=CN(C4CCNCC4)NN3)c3cccs3)cc2c1Nc1ccc(F)c(Cl)c1. The van der Waals surface area contributed by atoms with Crippen LogP contribution in [0.3, 0.4) is 0 Å². The molecule has 4 aromatic rings. The molecule has 0 aliphatic carbocycles. The summed E-state index contributed by atoms with van der Waals surface area (Å²) >= 11 is 14.4. The van der Waals surface area contributed by atoms with Crippen LogP contribution in [0.1, 0.15) is 29.3 Å². The highest BCUT2D eigenvalue weighted by Crippen LogP contribution is 2.38. The van der Waals surface area contributed by atoms with Crippen LogP contribution in [0.15, 0.2) is 65.9 Å². The van der Waals surface area contributed by atoms with E-state index >= 15 is 0 Å². The molecule has 6 rings (SSSR count). The van der Waals surface area contributed by atoms with E-state index in [0.717, 1.165) is 42.2 Å². The molecule has 1 fully saturated rings. The Morgan fingerprint density at radius 3 is 2.70 bits per heavy atom. The highest BCUT2D eigenvalue weighted by atomic mass is 35.5. The Kier molecular flexibility index (Phi) is 7.65. The largest absolute Gasteiger partial charge is 0.372 e. The number of rotatable bonds is 7. The molecule has 2 aliphatic rings. The topological polar surface area (TPSA) is 100 Å².